The predicted molar refractivity (Wildman–Crippen MR) is 154 cm³/mol. The second-order valence-corrected chi connectivity index (χ2v) is 9.76. The normalized spacial score (nSPS) is 11.4. The summed E-state index contributed by atoms with van der Waals surface area (Å²) in [6.45, 7) is 11.3. The summed E-state index contributed by atoms with van der Waals surface area (Å²) in [5.41, 5.74) is -0.226. The third kappa shape index (κ3) is 24.6. The molecule has 1 aromatic rings. The van der Waals surface area contributed by atoms with Crippen molar-refractivity contribution in [1.29, 1.82) is 0 Å². The van der Waals surface area contributed by atoms with Gasteiger partial charge in [0.1, 0.15) is 18.8 Å². The predicted octanol–water partition coefficient (Wildman–Crippen LogP) is 1.89. The third-order valence-electron chi connectivity index (χ3n) is 4.93. The topological polar surface area (TPSA) is 144 Å². The van der Waals surface area contributed by atoms with Gasteiger partial charge < -0.3 is 47.4 Å². The molecule has 0 aliphatic rings. The minimum Gasteiger partial charge on any atom is -0.458 e. The van der Waals surface area contributed by atoms with Crippen LogP contribution in [0.4, 0.5) is 0 Å². The van der Waals surface area contributed by atoms with E-state index in [4.69, 9.17) is 47.4 Å². The fourth-order valence-electron chi connectivity index (χ4n) is 3.03. The number of ether oxygens (including phenoxy) is 10. The Morgan fingerprint density at radius 1 is 0.512 bits per heavy atom. The molecule has 0 fully saturated rings. The molecule has 43 heavy (non-hydrogen) atoms. The van der Waals surface area contributed by atoms with E-state index in [-0.39, 0.29) is 19.8 Å². The molecule has 246 valence electrons. The summed E-state index contributed by atoms with van der Waals surface area (Å²) in [5, 5.41) is 0. The highest BCUT2D eigenvalue weighted by molar-refractivity contribution is 6.40. The molecular weight excluding hydrogens is 568 g/mol. The summed E-state index contributed by atoms with van der Waals surface area (Å²) >= 11 is 0. The Labute approximate surface area is 254 Å². The van der Waals surface area contributed by atoms with Crippen molar-refractivity contribution >= 4 is 17.7 Å². The molecule has 1 aromatic carbocycles. The van der Waals surface area contributed by atoms with Gasteiger partial charge in [-0.3, -0.25) is 4.79 Å². The Morgan fingerprint density at radius 2 is 0.860 bits per heavy atom. The first-order valence-electron chi connectivity index (χ1n) is 14.4. The fourth-order valence-corrected chi connectivity index (χ4v) is 3.03. The molecule has 0 saturated carbocycles. The molecule has 0 aliphatic heterocycles. The van der Waals surface area contributed by atoms with Gasteiger partial charge in [0.2, 0.25) is 0 Å². The van der Waals surface area contributed by atoms with Crippen LogP contribution < -0.4 is 0 Å². The van der Waals surface area contributed by atoms with Gasteiger partial charge in [-0.2, -0.15) is 0 Å². The molecule has 0 radical (unpaired) electrons. The molecule has 0 spiro atoms. The molecule has 0 aromatic heterocycles. The van der Waals surface area contributed by atoms with E-state index in [2.05, 4.69) is 0 Å². The summed E-state index contributed by atoms with van der Waals surface area (Å²) in [7, 11) is 0. The van der Waals surface area contributed by atoms with Crippen molar-refractivity contribution in [3.63, 3.8) is 0 Å². The Hall–Kier alpha value is -2.49. The van der Waals surface area contributed by atoms with Gasteiger partial charge in [-0.1, -0.05) is 30.3 Å². The second kappa shape index (κ2) is 26.0. The van der Waals surface area contributed by atoms with E-state index >= 15 is 0 Å². The fraction of sp³-hybridized carbons (Fsp3) is 0.700. The number of ketones is 1. The maximum absolute atomic E-state index is 11.9. The van der Waals surface area contributed by atoms with Gasteiger partial charge >= 0.3 is 11.9 Å². The molecule has 13 nitrogen and oxygen atoms in total. The summed E-state index contributed by atoms with van der Waals surface area (Å²) in [4.78, 5) is 35.1. The van der Waals surface area contributed by atoms with E-state index in [0.717, 1.165) is 0 Å². The number of esters is 2. The Morgan fingerprint density at radius 3 is 1.23 bits per heavy atom. The molecule has 0 unspecified atom stereocenters. The lowest BCUT2D eigenvalue weighted by Crippen LogP contribution is -2.27. The SMILES string of the molecule is CC(C)(C)OC(=O)COCCOCCOCCOCCOCCOCCOCCOCCOC(=O)C(=O)c1ccccc1. The highest BCUT2D eigenvalue weighted by atomic mass is 16.6. The lowest BCUT2D eigenvalue weighted by atomic mass is 10.1. The maximum atomic E-state index is 11.9. The Bertz CT molecular complexity index is 842. The summed E-state index contributed by atoms with van der Waals surface area (Å²) in [6.07, 6.45) is 0. The standard InChI is InChI=1S/C30H48O13/c1-30(2,3)43-27(31)25-41-22-21-39-18-17-37-14-13-35-10-9-34-11-12-36-15-16-38-19-20-40-23-24-42-29(33)28(32)26-7-5-4-6-8-26/h4-8H,9-25H2,1-3H3. The van der Waals surface area contributed by atoms with E-state index in [0.29, 0.717) is 98.1 Å². The smallest absolute Gasteiger partial charge is 0.379 e. The third-order valence-corrected chi connectivity index (χ3v) is 4.93. The van der Waals surface area contributed by atoms with Crippen LogP contribution in [0.2, 0.25) is 0 Å². The lowest BCUT2D eigenvalue weighted by molar-refractivity contribution is -0.160. The van der Waals surface area contributed by atoms with Crippen LogP contribution in [-0.2, 0) is 57.0 Å². The number of rotatable bonds is 28. The quantitative estimate of drug-likeness (QED) is 0.0586. The number of hydrogen-bond donors (Lipinski definition) is 0. The zero-order valence-electron chi connectivity index (χ0n) is 25.7. The minimum atomic E-state index is -0.901. The van der Waals surface area contributed by atoms with Crippen LogP contribution >= 0.6 is 0 Å². The van der Waals surface area contributed by atoms with Gasteiger partial charge in [0.15, 0.2) is 0 Å². The second-order valence-electron chi connectivity index (χ2n) is 9.76. The van der Waals surface area contributed by atoms with E-state index in [9.17, 15) is 14.4 Å². The molecular formula is C30H48O13. The van der Waals surface area contributed by atoms with Crippen LogP contribution in [0.1, 0.15) is 31.1 Å². The highest BCUT2D eigenvalue weighted by Gasteiger charge is 2.17. The average molecular weight is 617 g/mol. The lowest BCUT2D eigenvalue weighted by Gasteiger charge is -2.19. The van der Waals surface area contributed by atoms with E-state index in [1.807, 2.05) is 0 Å². The molecule has 0 atom stereocenters. The van der Waals surface area contributed by atoms with Crippen LogP contribution in [0.3, 0.4) is 0 Å². The summed E-state index contributed by atoms with van der Waals surface area (Å²) in [6, 6.07) is 8.24. The van der Waals surface area contributed by atoms with Gasteiger partial charge in [-0.15, -0.1) is 0 Å². The minimum absolute atomic E-state index is 0.00678. The zero-order chi connectivity index (χ0) is 31.4. The summed E-state index contributed by atoms with van der Waals surface area (Å²) in [5.74, 6) is -1.98. The molecule has 0 N–H and O–H groups in total. The number of carbonyl (C=O) groups excluding carboxylic acids is 3. The number of hydrogen-bond acceptors (Lipinski definition) is 13. The van der Waals surface area contributed by atoms with Gasteiger partial charge in [0.25, 0.3) is 5.78 Å². The molecule has 0 amide bonds. The van der Waals surface area contributed by atoms with E-state index in [1.165, 1.54) is 0 Å². The van der Waals surface area contributed by atoms with Crippen molar-refractivity contribution in [3.8, 4) is 0 Å². The van der Waals surface area contributed by atoms with Gasteiger partial charge in [0.05, 0.1) is 99.1 Å². The van der Waals surface area contributed by atoms with Gasteiger partial charge in [0, 0.05) is 5.56 Å². The molecule has 0 bridgehead atoms. The maximum Gasteiger partial charge on any atom is 0.379 e. The first-order chi connectivity index (χ1) is 20.8. The first-order valence-corrected chi connectivity index (χ1v) is 14.4. The van der Waals surface area contributed by atoms with Crippen LogP contribution in [-0.4, -0.2) is 136 Å². The number of Topliss-reactive ketones (excluding diaryl/α,β-unsaturated/α-hetero) is 1. The molecule has 0 heterocycles. The van der Waals surface area contributed by atoms with Crippen LogP contribution in [0.15, 0.2) is 30.3 Å². The number of benzene rings is 1. The van der Waals surface area contributed by atoms with Crippen LogP contribution in [0.25, 0.3) is 0 Å². The summed E-state index contributed by atoms with van der Waals surface area (Å²) < 4.78 is 53.0. The van der Waals surface area contributed by atoms with Crippen molar-refractivity contribution < 1.29 is 61.8 Å². The van der Waals surface area contributed by atoms with Crippen molar-refractivity contribution in [1.82, 2.24) is 0 Å². The van der Waals surface area contributed by atoms with Crippen molar-refractivity contribution in [3.05, 3.63) is 35.9 Å². The van der Waals surface area contributed by atoms with Crippen molar-refractivity contribution in [2.45, 2.75) is 26.4 Å². The highest BCUT2D eigenvalue weighted by Crippen LogP contribution is 2.06. The first kappa shape index (κ1) is 38.5. The zero-order valence-corrected chi connectivity index (χ0v) is 25.7. The molecule has 0 aliphatic carbocycles. The Kier molecular flexibility index (Phi) is 23.3. The number of carbonyl (C=O) groups is 3. The largest absolute Gasteiger partial charge is 0.458 e. The van der Waals surface area contributed by atoms with Crippen molar-refractivity contribution in [2.75, 3.05) is 112 Å². The Balaban J connectivity index is 1.71. The average Bonchev–Trinajstić information content (AvgIpc) is 2.98. The van der Waals surface area contributed by atoms with Gasteiger partial charge in [-0.25, -0.2) is 9.59 Å². The van der Waals surface area contributed by atoms with Crippen molar-refractivity contribution in [2.24, 2.45) is 0 Å². The van der Waals surface area contributed by atoms with Gasteiger partial charge in [-0.05, 0) is 20.8 Å². The molecule has 13 heteroatoms. The van der Waals surface area contributed by atoms with E-state index < -0.39 is 23.3 Å². The van der Waals surface area contributed by atoms with E-state index in [1.54, 1.807) is 51.1 Å². The molecule has 0 saturated heterocycles. The van der Waals surface area contributed by atoms with Crippen LogP contribution in [0.5, 0.6) is 0 Å². The monoisotopic (exact) mass is 616 g/mol. The van der Waals surface area contributed by atoms with Crippen LogP contribution in [0, 0.1) is 0 Å². The molecule has 1 rings (SSSR count).